The van der Waals surface area contributed by atoms with Crippen molar-refractivity contribution in [2.75, 3.05) is 0 Å². The summed E-state index contributed by atoms with van der Waals surface area (Å²) in [6.45, 7) is 5.46. The Morgan fingerprint density at radius 1 is 0.923 bits per heavy atom. The van der Waals surface area contributed by atoms with Crippen molar-refractivity contribution in [3.05, 3.63) is 70.8 Å². The van der Waals surface area contributed by atoms with Crippen LogP contribution in [0.4, 0.5) is 0 Å². The smallest absolute Gasteiger partial charge is 0.269 e. The Bertz CT molecular complexity index is 800. The molecule has 0 fully saturated rings. The summed E-state index contributed by atoms with van der Waals surface area (Å²) in [5.41, 5.74) is 7.67. The summed E-state index contributed by atoms with van der Waals surface area (Å²) in [5, 5.41) is 2.60. The monoisotopic (exact) mass is 353 g/mol. The number of hydrogen-bond donors (Lipinski definition) is 3. The lowest BCUT2D eigenvalue weighted by Gasteiger charge is -2.15. The van der Waals surface area contributed by atoms with Gasteiger partial charge >= 0.3 is 0 Å². The minimum atomic E-state index is -0.800. The Labute approximate surface area is 153 Å². The number of carbonyl (C=O) groups is 3. The van der Waals surface area contributed by atoms with Gasteiger partial charge in [0.1, 0.15) is 6.04 Å². The predicted octanol–water partition coefficient (Wildman–Crippen LogP) is 2.14. The lowest BCUT2D eigenvalue weighted by Crippen LogP contribution is -2.51. The van der Waals surface area contributed by atoms with Crippen LogP contribution in [-0.2, 0) is 11.2 Å². The Kier molecular flexibility index (Phi) is 6.49. The molecule has 3 N–H and O–H groups in total. The molecule has 6 heteroatoms. The molecule has 1 atom stereocenters. The maximum absolute atomic E-state index is 12.2. The fourth-order valence-corrected chi connectivity index (χ4v) is 2.32. The lowest BCUT2D eigenvalue weighted by molar-refractivity contribution is -0.123. The van der Waals surface area contributed by atoms with Gasteiger partial charge in [-0.25, -0.2) is 0 Å². The highest BCUT2D eigenvalue weighted by atomic mass is 16.2. The zero-order valence-corrected chi connectivity index (χ0v) is 15.1. The van der Waals surface area contributed by atoms with Gasteiger partial charge in [0.15, 0.2) is 0 Å². The Morgan fingerprint density at radius 3 is 2.23 bits per heavy atom. The lowest BCUT2D eigenvalue weighted by atomic mass is 10.1. The summed E-state index contributed by atoms with van der Waals surface area (Å²) in [6.07, 6.45) is 0.886. The third kappa shape index (κ3) is 5.17. The summed E-state index contributed by atoms with van der Waals surface area (Å²) in [5.74, 6) is -1.28. The third-order valence-corrected chi connectivity index (χ3v) is 3.94. The van der Waals surface area contributed by atoms with Crippen LogP contribution in [0.2, 0.25) is 0 Å². The average Bonchev–Trinajstić information content (AvgIpc) is 2.65. The van der Waals surface area contributed by atoms with Gasteiger partial charge in [-0.05, 0) is 50.1 Å². The van der Waals surface area contributed by atoms with Crippen molar-refractivity contribution in [2.45, 2.75) is 33.2 Å². The van der Waals surface area contributed by atoms with Crippen LogP contribution in [0.5, 0.6) is 0 Å². The van der Waals surface area contributed by atoms with Crippen molar-refractivity contribution < 1.29 is 14.4 Å². The molecule has 2 aromatic rings. The Balaban J connectivity index is 1.86. The van der Waals surface area contributed by atoms with E-state index in [2.05, 4.69) is 16.2 Å². The molecule has 0 radical (unpaired) electrons. The zero-order chi connectivity index (χ0) is 19.1. The van der Waals surface area contributed by atoms with E-state index in [1.54, 1.807) is 37.3 Å². The molecule has 0 aromatic heterocycles. The van der Waals surface area contributed by atoms with Gasteiger partial charge in [-0.15, -0.1) is 0 Å². The van der Waals surface area contributed by atoms with Gasteiger partial charge in [-0.2, -0.15) is 0 Å². The Hall–Kier alpha value is -3.15. The minimum absolute atomic E-state index is 0.349. The summed E-state index contributed by atoms with van der Waals surface area (Å²) >= 11 is 0. The Morgan fingerprint density at radius 2 is 1.62 bits per heavy atom. The molecule has 26 heavy (non-hydrogen) atoms. The van der Waals surface area contributed by atoms with E-state index in [-0.39, 0.29) is 5.91 Å². The van der Waals surface area contributed by atoms with E-state index >= 15 is 0 Å². The van der Waals surface area contributed by atoms with E-state index in [9.17, 15) is 14.4 Å². The number of hydrazine groups is 1. The molecule has 0 saturated heterocycles. The van der Waals surface area contributed by atoms with Crippen molar-refractivity contribution >= 4 is 17.7 Å². The largest absolute Gasteiger partial charge is 0.340 e. The van der Waals surface area contributed by atoms with E-state index in [4.69, 9.17) is 0 Å². The van der Waals surface area contributed by atoms with Gasteiger partial charge in [-0.1, -0.05) is 36.8 Å². The van der Waals surface area contributed by atoms with Crippen LogP contribution in [-0.4, -0.2) is 23.8 Å². The fraction of sp³-hybridized carbons (Fsp3) is 0.250. The van der Waals surface area contributed by atoms with E-state index in [1.807, 2.05) is 32.0 Å². The van der Waals surface area contributed by atoms with Crippen LogP contribution in [0.25, 0.3) is 0 Å². The number of benzene rings is 2. The molecule has 6 nitrogen and oxygen atoms in total. The van der Waals surface area contributed by atoms with Crippen molar-refractivity contribution in [2.24, 2.45) is 0 Å². The highest BCUT2D eigenvalue weighted by molar-refractivity contribution is 5.99. The van der Waals surface area contributed by atoms with Crippen LogP contribution in [0.1, 0.15) is 45.7 Å². The normalized spacial score (nSPS) is 11.3. The third-order valence-electron chi connectivity index (χ3n) is 3.94. The van der Waals surface area contributed by atoms with Crippen molar-refractivity contribution in [3.8, 4) is 0 Å². The standard InChI is InChI=1S/C20H23N3O3/c1-4-15-8-10-16(11-9-15)20(26)23-22-18(24)14(3)21-19(25)17-7-5-6-13(2)12-17/h5-12,14H,4H2,1-3H3,(H,21,25)(H,22,24)(H,23,26)/t14-/m0/s1. The summed E-state index contributed by atoms with van der Waals surface area (Å²) < 4.78 is 0. The van der Waals surface area contributed by atoms with Crippen LogP contribution in [0.15, 0.2) is 48.5 Å². The molecule has 0 aliphatic heterocycles. The van der Waals surface area contributed by atoms with E-state index in [1.165, 1.54) is 0 Å². The van der Waals surface area contributed by atoms with Crippen LogP contribution < -0.4 is 16.2 Å². The number of carbonyl (C=O) groups excluding carboxylic acids is 3. The SMILES string of the molecule is CCc1ccc(C(=O)NNC(=O)[C@H](C)NC(=O)c2cccc(C)c2)cc1. The molecule has 3 amide bonds. The topological polar surface area (TPSA) is 87.3 Å². The highest BCUT2D eigenvalue weighted by Gasteiger charge is 2.17. The van der Waals surface area contributed by atoms with Gasteiger partial charge in [0.05, 0.1) is 0 Å². The molecule has 136 valence electrons. The fourth-order valence-electron chi connectivity index (χ4n) is 2.32. The molecule has 0 bridgehead atoms. The maximum Gasteiger partial charge on any atom is 0.269 e. The molecule has 0 aliphatic carbocycles. The quantitative estimate of drug-likeness (QED) is 0.720. The van der Waals surface area contributed by atoms with E-state index < -0.39 is 17.9 Å². The first-order valence-electron chi connectivity index (χ1n) is 8.47. The molecule has 0 spiro atoms. The van der Waals surface area contributed by atoms with Crippen LogP contribution in [0.3, 0.4) is 0 Å². The number of aryl methyl sites for hydroxylation is 2. The number of nitrogens with one attached hydrogen (secondary N) is 3. The number of amides is 3. The molecule has 0 heterocycles. The van der Waals surface area contributed by atoms with E-state index in [0.29, 0.717) is 11.1 Å². The van der Waals surface area contributed by atoms with Crippen LogP contribution in [0, 0.1) is 6.92 Å². The average molecular weight is 353 g/mol. The second kappa shape index (κ2) is 8.80. The van der Waals surface area contributed by atoms with Crippen molar-refractivity contribution in [1.29, 1.82) is 0 Å². The molecular weight excluding hydrogens is 330 g/mol. The van der Waals surface area contributed by atoms with Gasteiger partial charge in [0.2, 0.25) is 0 Å². The minimum Gasteiger partial charge on any atom is -0.340 e. The first-order chi connectivity index (χ1) is 12.4. The van der Waals surface area contributed by atoms with Crippen molar-refractivity contribution in [1.82, 2.24) is 16.2 Å². The molecule has 0 unspecified atom stereocenters. The van der Waals surface area contributed by atoms with Crippen molar-refractivity contribution in [3.63, 3.8) is 0 Å². The first kappa shape index (κ1) is 19.2. The van der Waals surface area contributed by atoms with Gasteiger partial charge in [0, 0.05) is 11.1 Å². The molecule has 2 rings (SSSR count). The molecule has 2 aromatic carbocycles. The summed E-state index contributed by atoms with van der Waals surface area (Å²) in [6, 6.07) is 13.4. The summed E-state index contributed by atoms with van der Waals surface area (Å²) in [4.78, 5) is 36.3. The summed E-state index contributed by atoms with van der Waals surface area (Å²) in [7, 11) is 0. The van der Waals surface area contributed by atoms with Crippen LogP contribution >= 0.6 is 0 Å². The highest BCUT2D eigenvalue weighted by Crippen LogP contribution is 2.05. The van der Waals surface area contributed by atoms with Gasteiger partial charge in [0.25, 0.3) is 17.7 Å². The van der Waals surface area contributed by atoms with E-state index in [0.717, 1.165) is 17.5 Å². The maximum atomic E-state index is 12.2. The number of rotatable bonds is 5. The zero-order valence-electron chi connectivity index (χ0n) is 15.1. The second-order valence-electron chi connectivity index (χ2n) is 6.06. The molecular formula is C20H23N3O3. The predicted molar refractivity (Wildman–Crippen MR) is 99.5 cm³/mol. The molecule has 0 aliphatic rings. The second-order valence-corrected chi connectivity index (χ2v) is 6.06. The van der Waals surface area contributed by atoms with Gasteiger partial charge in [-0.3, -0.25) is 25.2 Å². The van der Waals surface area contributed by atoms with Gasteiger partial charge < -0.3 is 5.32 Å². The number of hydrogen-bond acceptors (Lipinski definition) is 3. The first-order valence-corrected chi connectivity index (χ1v) is 8.47. The molecule has 0 saturated carbocycles.